The zero-order valence-corrected chi connectivity index (χ0v) is 7.24. The third kappa shape index (κ3) is 2.17. The van der Waals surface area contributed by atoms with E-state index in [9.17, 15) is 4.39 Å². The van der Waals surface area contributed by atoms with Crippen molar-refractivity contribution in [3.8, 4) is 5.75 Å². The maximum absolute atomic E-state index is 13.1. The summed E-state index contributed by atoms with van der Waals surface area (Å²) < 4.78 is 13.1. The lowest BCUT2D eigenvalue weighted by Gasteiger charge is -2.15. The van der Waals surface area contributed by atoms with Crippen LogP contribution in [0.1, 0.15) is 18.5 Å². The molecule has 0 radical (unpaired) electrons. The minimum Gasteiger partial charge on any atom is -0.508 e. The van der Waals surface area contributed by atoms with Crippen molar-refractivity contribution in [3.63, 3.8) is 0 Å². The van der Waals surface area contributed by atoms with Crippen LogP contribution in [0.5, 0.6) is 5.75 Å². The van der Waals surface area contributed by atoms with Crippen LogP contribution in [0, 0.1) is 5.82 Å². The van der Waals surface area contributed by atoms with E-state index in [2.05, 4.69) is 0 Å². The van der Waals surface area contributed by atoms with E-state index in [1.165, 1.54) is 19.1 Å². The number of aromatic hydroxyl groups is 1. The summed E-state index contributed by atoms with van der Waals surface area (Å²) in [5, 5.41) is 18.0. The molecular formula is C9H12FNO2. The Morgan fingerprint density at radius 2 is 2.08 bits per heavy atom. The largest absolute Gasteiger partial charge is 0.508 e. The zero-order chi connectivity index (χ0) is 10.0. The van der Waals surface area contributed by atoms with Crippen molar-refractivity contribution >= 4 is 0 Å². The van der Waals surface area contributed by atoms with Crippen molar-refractivity contribution in [2.24, 2.45) is 5.73 Å². The molecule has 0 amide bonds. The van der Waals surface area contributed by atoms with Crippen molar-refractivity contribution in [1.29, 1.82) is 0 Å². The fraction of sp³-hybridized carbons (Fsp3) is 0.333. The highest BCUT2D eigenvalue weighted by Crippen LogP contribution is 2.21. The molecule has 72 valence electrons. The Labute approximate surface area is 75.6 Å². The van der Waals surface area contributed by atoms with Gasteiger partial charge in [0.15, 0.2) is 0 Å². The standard InChI is InChI=1S/C9H12FNO2/c1-5(12)9(11)7-3-2-6(13)4-8(7)10/h2-5,9,12-13H,11H2,1H3. The molecule has 0 aromatic heterocycles. The van der Waals surface area contributed by atoms with E-state index < -0.39 is 18.0 Å². The van der Waals surface area contributed by atoms with Gasteiger partial charge in [-0.2, -0.15) is 0 Å². The minimum atomic E-state index is -0.820. The highest BCUT2D eigenvalue weighted by atomic mass is 19.1. The Balaban J connectivity index is 3.01. The van der Waals surface area contributed by atoms with Crippen LogP contribution in [-0.4, -0.2) is 16.3 Å². The Bertz CT molecular complexity index is 302. The molecule has 0 spiro atoms. The Morgan fingerprint density at radius 3 is 2.54 bits per heavy atom. The van der Waals surface area contributed by atoms with Gasteiger partial charge < -0.3 is 15.9 Å². The lowest BCUT2D eigenvalue weighted by molar-refractivity contribution is 0.162. The molecule has 0 aliphatic carbocycles. The molecule has 4 N–H and O–H groups in total. The lowest BCUT2D eigenvalue weighted by atomic mass is 10.0. The Morgan fingerprint density at radius 1 is 1.46 bits per heavy atom. The van der Waals surface area contributed by atoms with E-state index in [0.29, 0.717) is 0 Å². The van der Waals surface area contributed by atoms with Crippen molar-refractivity contribution < 1.29 is 14.6 Å². The average Bonchev–Trinajstić information content (AvgIpc) is 2.03. The molecule has 0 aliphatic rings. The molecule has 0 heterocycles. The summed E-state index contributed by atoms with van der Waals surface area (Å²) in [7, 11) is 0. The van der Waals surface area contributed by atoms with Crippen molar-refractivity contribution in [2.45, 2.75) is 19.1 Å². The summed E-state index contributed by atoms with van der Waals surface area (Å²) in [6.07, 6.45) is -0.820. The Kier molecular flexibility index (Phi) is 2.85. The van der Waals surface area contributed by atoms with Gasteiger partial charge in [-0.15, -0.1) is 0 Å². The van der Waals surface area contributed by atoms with E-state index in [1.54, 1.807) is 0 Å². The molecule has 0 fully saturated rings. The van der Waals surface area contributed by atoms with Gasteiger partial charge in [0.05, 0.1) is 12.1 Å². The molecule has 3 nitrogen and oxygen atoms in total. The molecule has 0 bridgehead atoms. The van der Waals surface area contributed by atoms with Crippen LogP contribution >= 0.6 is 0 Å². The summed E-state index contributed by atoms with van der Waals surface area (Å²) >= 11 is 0. The van der Waals surface area contributed by atoms with Crippen LogP contribution in [0.15, 0.2) is 18.2 Å². The number of phenols is 1. The molecule has 2 atom stereocenters. The second-order valence-electron chi connectivity index (χ2n) is 2.97. The smallest absolute Gasteiger partial charge is 0.131 e. The topological polar surface area (TPSA) is 66.5 Å². The molecule has 13 heavy (non-hydrogen) atoms. The molecule has 0 saturated carbocycles. The summed E-state index contributed by atoms with van der Waals surface area (Å²) in [5.74, 6) is -0.757. The number of halogens is 1. The van der Waals surface area contributed by atoms with Gasteiger partial charge in [-0.05, 0) is 13.0 Å². The Hall–Kier alpha value is -1.13. The normalized spacial score (nSPS) is 15.4. The third-order valence-corrected chi connectivity index (χ3v) is 1.86. The van der Waals surface area contributed by atoms with Gasteiger partial charge in [0.1, 0.15) is 11.6 Å². The predicted molar refractivity (Wildman–Crippen MR) is 46.7 cm³/mol. The fourth-order valence-corrected chi connectivity index (χ4v) is 1.05. The van der Waals surface area contributed by atoms with E-state index in [4.69, 9.17) is 15.9 Å². The van der Waals surface area contributed by atoms with E-state index in [0.717, 1.165) is 6.07 Å². The molecule has 1 rings (SSSR count). The maximum atomic E-state index is 13.1. The number of rotatable bonds is 2. The number of benzene rings is 1. The fourth-order valence-electron chi connectivity index (χ4n) is 1.05. The van der Waals surface area contributed by atoms with Gasteiger partial charge in [0.25, 0.3) is 0 Å². The first-order chi connectivity index (χ1) is 6.02. The van der Waals surface area contributed by atoms with Crippen LogP contribution in [0.2, 0.25) is 0 Å². The van der Waals surface area contributed by atoms with Crippen LogP contribution < -0.4 is 5.73 Å². The zero-order valence-electron chi connectivity index (χ0n) is 7.24. The minimum absolute atomic E-state index is 0.154. The number of phenolic OH excluding ortho intramolecular Hbond substituents is 1. The predicted octanol–water partition coefficient (Wildman–Crippen LogP) is 0.912. The first-order valence-corrected chi connectivity index (χ1v) is 3.94. The molecule has 0 aliphatic heterocycles. The van der Waals surface area contributed by atoms with Crippen LogP contribution in [0.25, 0.3) is 0 Å². The van der Waals surface area contributed by atoms with Gasteiger partial charge in [0.2, 0.25) is 0 Å². The number of aliphatic hydroxyl groups excluding tert-OH is 1. The quantitative estimate of drug-likeness (QED) is 0.641. The highest BCUT2D eigenvalue weighted by Gasteiger charge is 2.16. The van der Waals surface area contributed by atoms with Crippen LogP contribution in [0.3, 0.4) is 0 Å². The number of hydrogen-bond acceptors (Lipinski definition) is 3. The van der Waals surface area contributed by atoms with E-state index in [1.807, 2.05) is 0 Å². The lowest BCUT2D eigenvalue weighted by Crippen LogP contribution is -2.24. The van der Waals surface area contributed by atoms with Crippen molar-refractivity contribution in [3.05, 3.63) is 29.6 Å². The van der Waals surface area contributed by atoms with Crippen LogP contribution in [-0.2, 0) is 0 Å². The van der Waals surface area contributed by atoms with Crippen molar-refractivity contribution in [2.75, 3.05) is 0 Å². The number of hydrogen-bond donors (Lipinski definition) is 3. The summed E-state index contributed by atoms with van der Waals surface area (Å²) in [4.78, 5) is 0. The van der Waals surface area contributed by atoms with E-state index in [-0.39, 0.29) is 11.3 Å². The van der Waals surface area contributed by atoms with Crippen molar-refractivity contribution in [1.82, 2.24) is 0 Å². The number of aliphatic hydroxyl groups is 1. The number of nitrogens with two attached hydrogens (primary N) is 1. The monoisotopic (exact) mass is 185 g/mol. The average molecular weight is 185 g/mol. The SMILES string of the molecule is CC(O)C(N)c1ccc(O)cc1F. The molecule has 0 saturated heterocycles. The van der Waals surface area contributed by atoms with Gasteiger partial charge in [-0.25, -0.2) is 4.39 Å². The summed E-state index contributed by atoms with van der Waals surface area (Å²) in [6.45, 7) is 1.48. The summed E-state index contributed by atoms with van der Waals surface area (Å²) in [5.41, 5.74) is 5.72. The maximum Gasteiger partial charge on any atom is 0.131 e. The molecule has 4 heteroatoms. The van der Waals surface area contributed by atoms with Gasteiger partial charge in [-0.1, -0.05) is 6.07 Å². The molecule has 1 aromatic carbocycles. The third-order valence-electron chi connectivity index (χ3n) is 1.86. The first-order valence-electron chi connectivity index (χ1n) is 3.94. The summed E-state index contributed by atoms with van der Waals surface area (Å²) in [6, 6.07) is 2.90. The molecule has 2 unspecified atom stereocenters. The van der Waals surface area contributed by atoms with Gasteiger partial charge >= 0.3 is 0 Å². The highest BCUT2D eigenvalue weighted by molar-refractivity contribution is 5.30. The second-order valence-corrected chi connectivity index (χ2v) is 2.97. The van der Waals surface area contributed by atoms with Gasteiger partial charge in [-0.3, -0.25) is 0 Å². The van der Waals surface area contributed by atoms with E-state index >= 15 is 0 Å². The second kappa shape index (κ2) is 3.72. The molecular weight excluding hydrogens is 173 g/mol. The van der Waals surface area contributed by atoms with Gasteiger partial charge in [0, 0.05) is 11.6 Å². The molecule has 1 aromatic rings. The first kappa shape index (κ1) is 9.95. The van der Waals surface area contributed by atoms with Crippen LogP contribution in [0.4, 0.5) is 4.39 Å².